The highest BCUT2D eigenvalue weighted by molar-refractivity contribution is 6.33. The minimum atomic E-state index is -0.754. The van der Waals surface area contributed by atoms with Crippen LogP contribution in [0.15, 0.2) is 46.0 Å². The molecule has 0 fully saturated rings. The average molecular weight is 1020 g/mol. The molecule has 4 aromatic rings. The van der Waals surface area contributed by atoms with Gasteiger partial charge in [-0.15, -0.1) is 0 Å². The number of aromatic nitrogens is 4. The van der Waals surface area contributed by atoms with E-state index in [2.05, 4.69) is 55.1 Å². The largest absolute Gasteiger partial charge is 0.464 e. The summed E-state index contributed by atoms with van der Waals surface area (Å²) in [4.78, 5) is 145. The maximum atomic E-state index is 13.7. The predicted molar refractivity (Wildman–Crippen MR) is 273 cm³/mol. The number of nitrogens with one attached hydrogen (secondary N) is 6. The molecule has 396 valence electrons. The van der Waals surface area contributed by atoms with Gasteiger partial charge in [0.2, 0.25) is 11.9 Å². The topological polar surface area (TPSA) is 301 Å². The van der Waals surface area contributed by atoms with E-state index in [4.69, 9.17) is 9.47 Å². The first kappa shape index (κ1) is 55.5. The second kappa shape index (κ2) is 27.9. The lowest BCUT2D eigenvalue weighted by molar-refractivity contribution is -0.144. The molecule has 74 heavy (non-hydrogen) atoms. The summed E-state index contributed by atoms with van der Waals surface area (Å²) in [6, 6.07) is 6.89. The third-order valence-corrected chi connectivity index (χ3v) is 12.6. The Bertz CT molecular complexity index is 2570. The van der Waals surface area contributed by atoms with Gasteiger partial charge in [-0.25, -0.2) is 19.6 Å². The first-order valence-electron chi connectivity index (χ1n) is 25.7. The van der Waals surface area contributed by atoms with E-state index in [0.29, 0.717) is 24.2 Å². The molecule has 2 aromatic carbocycles. The summed E-state index contributed by atoms with van der Waals surface area (Å²) in [5, 5.41) is 10.2. The number of nitrogens with zero attached hydrogens (tertiary/aromatic N) is 4. The van der Waals surface area contributed by atoms with Gasteiger partial charge in [0.15, 0.2) is 0 Å². The molecule has 6 rings (SSSR count). The number of anilines is 2. The number of hydrogen-bond acceptors (Lipinski definition) is 14. The molecular weight excluding hydrogens is 957 g/mol. The van der Waals surface area contributed by atoms with Gasteiger partial charge < -0.3 is 20.1 Å². The standard InChI is InChI=1S/C52H66N10O12/c1-3-5-7-9-11-13-15-17-33-31-39(63)57-49(55-33)59-51(71)53-25-29-73-41(65)23-27-61-45(67)35-19-21-37-44-38(22-20-36(43(35)44)46(61)68)48(70)62(47(37)69)28-24-42(66)74-30-26-54-52(72)60-50-56-34(32-40(64)58-50)18-16-14-12-10-8-6-4-2/h19-22,31-32H,3-18,23-30H2,1-2H3,(H3,53,55,57,59,63,71)(H3,54,56,58,60,64,72). The van der Waals surface area contributed by atoms with Crippen molar-refractivity contribution in [1.82, 2.24) is 40.4 Å². The number of carbonyl (C=O) groups excluding carboxylic acids is 8. The van der Waals surface area contributed by atoms with Gasteiger partial charge >= 0.3 is 24.0 Å². The van der Waals surface area contributed by atoms with Gasteiger partial charge in [-0.3, -0.25) is 68.8 Å². The van der Waals surface area contributed by atoms with Crippen LogP contribution in [0.3, 0.4) is 0 Å². The summed E-state index contributed by atoms with van der Waals surface area (Å²) in [5.74, 6) is -4.53. The minimum Gasteiger partial charge on any atom is -0.464 e. The molecule has 8 amide bonds. The maximum Gasteiger partial charge on any atom is 0.321 e. The number of imide groups is 2. The Morgan fingerprint density at radius 2 is 0.838 bits per heavy atom. The maximum absolute atomic E-state index is 13.7. The molecule has 2 aliphatic rings. The number of ether oxygens (including phenoxy) is 2. The van der Waals surface area contributed by atoms with Gasteiger partial charge in [0.1, 0.15) is 13.2 Å². The van der Waals surface area contributed by atoms with Gasteiger partial charge in [0.05, 0.1) is 25.9 Å². The van der Waals surface area contributed by atoms with Crippen molar-refractivity contribution in [2.24, 2.45) is 0 Å². The van der Waals surface area contributed by atoms with E-state index in [1.165, 1.54) is 87.8 Å². The van der Waals surface area contributed by atoms with Gasteiger partial charge in [0, 0.05) is 69.6 Å². The quantitative estimate of drug-likeness (QED) is 0.0190. The molecule has 0 bridgehead atoms. The number of H-pyrrole nitrogens is 2. The molecule has 6 N–H and O–H groups in total. The van der Waals surface area contributed by atoms with Crippen molar-refractivity contribution < 1.29 is 47.8 Å². The zero-order valence-corrected chi connectivity index (χ0v) is 42.1. The van der Waals surface area contributed by atoms with Gasteiger partial charge in [-0.05, 0) is 49.9 Å². The first-order chi connectivity index (χ1) is 35.8. The minimum absolute atomic E-state index is 0.0175. The van der Waals surface area contributed by atoms with Crippen LogP contribution in [0.25, 0.3) is 10.8 Å². The van der Waals surface area contributed by atoms with Crippen LogP contribution in [-0.4, -0.2) is 117 Å². The molecule has 0 radical (unpaired) electrons. The second-order valence-electron chi connectivity index (χ2n) is 18.2. The Balaban J connectivity index is 0.910. The van der Waals surface area contributed by atoms with Crippen molar-refractivity contribution in [3.8, 4) is 0 Å². The van der Waals surface area contributed by atoms with Crippen LogP contribution in [0, 0.1) is 0 Å². The second-order valence-corrected chi connectivity index (χ2v) is 18.2. The fourth-order valence-corrected chi connectivity index (χ4v) is 8.81. The normalized spacial score (nSPS) is 12.8. The van der Waals surface area contributed by atoms with Crippen LogP contribution in [0.2, 0.25) is 0 Å². The van der Waals surface area contributed by atoms with Crippen LogP contribution in [-0.2, 0) is 31.9 Å². The first-order valence-corrected chi connectivity index (χ1v) is 25.7. The van der Waals surface area contributed by atoms with E-state index in [1.807, 2.05) is 0 Å². The number of benzene rings is 2. The number of urea groups is 2. The fourth-order valence-electron chi connectivity index (χ4n) is 8.81. The van der Waals surface area contributed by atoms with E-state index in [-0.39, 0.29) is 97.2 Å². The van der Waals surface area contributed by atoms with Crippen molar-refractivity contribution in [1.29, 1.82) is 0 Å². The molecule has 0 saturated carbocycles. The molecule has 0 saturated heterocycles. The van der Waals surface area contributed by atoms with Crippen LogP contribution in [0.1, 0.15) is 169 Å². The molecule has 0 spiro atoms. The summed E-state index contributed by atoms with van der Waals surface area (Å²) in [7, 11) is 0. The molecular formula is C52H66N10O12. The van der Waals surface area contributed by atoms with Crippen LogP contribution in [0.4, 0.5) is 21.5 Å². The fraction of sp³-hybridized carbons (Fsp3) is 0.500. The summed E-state index contributed by atoms with van der Waals surface area (Å²) in [6.45, 7) is 2.98. The predicted octanol–water partition coefficient (Wildman–Crippen LogP) is 6.29. The van der Waals surface area contributed by atoms with E-state index < -0.39 is 58.7 Å². The molecule has 22 heteroatoms. The monoisotopic (exact) mass is 1020 g/mol. The van der Waals surface area contributed by atoms with E-state index in [9.17, 15) is 47.9 Å². The average Bonchev–Trinajstić information content (AvgIpc) is 3.36. The Morgan fingerprint density at radius 1 is 0.500 bits per heavy atom. The SMILES string of the molecule is CCCCCCCCCc1cc(=O)[nH]c(NC(=O)NCCOC(=O)CCN2C(=O)c3ccc4c5c(ccc(c35)C2=O)C(=O)N(CCC(=O)OCCNC(=O)Nc2nc(CCCCCCCCC)cc(=O)[nH]2)C4=O)n1. The van der Waals surface area contributed by atoms with Crippen LogP contribution >= 0.6 is 0 Å². The number of unbranched alkanes of at least 4 members (excludes halogenated alkanes) is 12. The van der Waals surface area contributed by atoms with Crippen molar-refractivity contribution in [2.75, 3.05) is 50.0 Å². The summed E-state index contributed by atoms with van der Waals surface area (Å²) in [6.07, 6.45) is 16.0. The molecule has 0 aliphatic carbocycles. The zero-order chi connectivity index (χ0) is 53.0. The van der Waals surface area contributed by atoms with E-state index in [1.54, 1.807) is 0 Å². The Hall–Kier alpha value is -7.78. The number of hydrogen-bond donors (Lipinski definition) is 6. The Morgan fingerprint density at radius 3 is 1.19 bits per heavy atom. The third-order valence-electron chi connectivity index (χ3n) is 12.6. The molecule has 2 aliphatic heterocycles. The van der Waals surface area contributed by atoms with Crippen molar-refractivity contribution in [3.05, 3.63) is 90.7 Å². The van der Waals surface area contributed by atoms with Gasteiger partial charge in [0.25, 0.3) is 34.7 Å². The summed E-state index contributed by atoms with van der Waals surface area (Å²) >= 11 is 0. The molecule has 0 atom stereocenters. The number of amides is 8. The third kappa shape index (κ3) is 15.6. The van der Waals surface area contributed by atoms with Crippen molar-refractivity contribution in [3.63, 3.8) is 0 Å². The highest BCUT2D eigenvalue weighted by atomic mass is 16.5. The Labute approximate surface area is 427 Å². The lowest BCUT2D eigenvalue weighted by Gasteiger charge is -2.31. The molecule has 22 nitrogen and oxygen atoms in total. The highest BCUT2D eigenvalue weighted by Crippen LogP contribution is 2.38. The Kier molecular flexibility index (Phi) is 20.9. The number of rotatable bonds is 30. The van der Waals surface area contributed by atoms with Crippen molar-refractivity contribution in [2.45, 2.75) is 129 Å². The van der Waals surface area contributed by atoms with Gasteiger partial charge in [-0.1, -0.05) is 90.9 Å². The zero-order valence-electron chi connectivity index (χ0n) is 42.1. The highest BCUT2D eigenvalue weighted by Gasteiger charge is 2.40. The van der Waals surface area contributed by atoms with Gasteiger partial charge in [-0.2, -0.15) is 0 Å². The number of carbonyl (C=O) groups is 8. The number of aryl methyl sites for hydroxylation is 2. The lowest BCUT2D eigenvalue weighted by atomic mass is 9.86. The van der Waals surface area contributed by atoms with Crippen LogP contribution in [0.5, 0.6) is 0 Å². The van der Waals surface area contributed by atoms with Crippen LogP contribution < -0.4 is 32.4 Å². The molecule has 2 aromatic heterocycles. The lowest BCUT2D eigenvalue weighted by Crippen LogP contribution is -2.44. The number of aromatic amines is 2. The smallest absolute Gasteiger partial charge is 0.321 e. The molecule has 0 unspecified atom stereocenters. The summed E-state index contributed by atoms with van der Waals surface area (Å²) < 4.78 is 10.4. The number of esters is 2. The van der Waals surface area contributed by atoms with Crippen molar-refractivity contribution >= 4 is 70.3 Å². The summed E-state index contributed by atoms with van der Waals surface area (Å²) in [5.41, 5.74) is 0.487. The van der Waals surface area contributed by atoms with E-state index >= 15 is 0 Å². The molecule has 4 heterocycles. The van der Waals surface area contributed by atoms with E-state index in [0.717, 1.165) is 48.3 Å².